The summed E-state index contributed by atoms with van der Waals surface area (Å²) in [6.45, 7) is -1.38. The minimum Gasteiger partial charge on any atom is -0.395 e. The summed E-state index contributed by atoms with van der Waals surface area (Å²) in [5, 5.41) is 22.4. The van der Waals surface area contributed by atoms with E-state index in [9.17, 15) is 18.9 Å². The maximum Gasteiger partial charge on any atom is 0.353 e. The van der Waals surface area contributed by atoms with Crippen molar-refractivity contribution < 1.29 is 18.8 Å². The van der Waals surface area contributed by atoms with E-state index >= 15 is 0 Å². The molecule has 0 fully saturated rings. The van der Waals surface area contributed by atoms with E-state index < -0.39 is 30.2 Å². The average Bonchev–Trinajstić information content (AvgIpc) is 2.36. The molecule has 1 aromatic heterocycles. The summed E-state index contributed by atoms with van der Waals surface area (Å²) in [5.41, 5.74) is -0.501. The van der Waals surface area contributed by atoms with E-state index in [0.29, 0.717) is 0 Å². The van der Waals surface area contributed by atoms with E-state index in [1.165, 1.54) is 7.05 Å². The molecule has 19 heavy (non-hydrogen) atoms. The van der Waals surface area contributed by atoms with Crippen molar-refractivity contribution >= 4 is 17.3 Å². The fourth-order valence-electron chi connectivity index (χ4n) is 1.52. The van der Waals surface area contributed by atoms with Gasteiger partial charge in [-0.2, -0.15) is 0 Å². The standard InChI is InChI=1S/C9H13F2N5O3/c1-12-8-7(16(18)19)9(14-5-13-8)15(2-3-17)4-6(10)11/h5-6,17H,2-4H2,1H3,(H,12,13,14). The number of hydrogen-bond donors (Lipinski definition) is 2. The second kappa shape index (κ2) is 6.73. The molecule has 1 heterocycles. The highest BCUT2D eigenvalue weighted by atomic mass is 19.3. The zero-order valence-electron chi connectivity index (χ0n) is 10.1. The Hall–Kier alpha value is -2.10. The number of aliphatic hydroxyl groups excluding tert-OH is 1. The highest BCUT2D eigenvalue weighted by Gasteiger charge is 2.27. The molecular formula is C9H13F2N5O3. The Morgan fingerprint density at radius 1 is 1.58 bits per heavy atom. The first-order valence-corrected chi connectivity index (χ1v) is 5.32. The zero-order valence-corrected chi connectivity index (χ0v) is 10.1. The number of nitro groups is 1. The van der Waals surface area contributed by atoms with Crippen molar-refractivity contribution in [3.63, 3.8) is 0 Å². The highest BCUT2D eigenvalue weighted by molar-refractivity contribution is 5.70. The number of hydrogen-bond acceptors (Lipinski definition) is 7. The molecule has 0 saturated heterocycles. The Balaban J connectivity index is 3.24. The Labute approximate surface area is 107 Å². The molecule has 0 amide bonds. The third-order valence-corrected chi connectivity index (χ3v) is 2.25. The lowest BCUT2D eigenvalue weighted by molar-refractivity contribution is -0.383. The quantitative estimate of drug-likeness (QED) is 0.552. The van der Waals surface area contributed by atoms with E-state index in [1.807, 2.05) is 0 Å². The lowest BCUT2D eigenvalue weighted by Gasteiger charge is -2.22. The predicted octanol–water partition coefficient (Wildman–Crippen LogP) is 0.490. The maximum absolute atomic E-state index is 12.5. The molecule has 0 atom stereocenters. The van der Waals surface area contributed by atoms with Crippen LogP contribution in [0.4, 0.5) is 26.1 Å². The Kier molecular flexibility index (Phi) is 5.30. The van der Waals surface area contributed by atoms with Gasteiger partial charge in [0.05, 0.1) is 18.1 Å². The smallest absolute Gasteiger partial charge is 0.353 e. The summed E-state index contributed by atoms with van der Waals surface area (Å²) in [6, 6.07) is 0. The second-order valence-electron chi connectivity index (χ2n) is 3.46. The molecule has 2 N–H and O–H groups in total. The molecule has 0 aliphatic heterocycles. The van der Waals surface area contributed by atoms with Crippen molar-refractivity contribution in [2.45, 2.75) is 6.43 Å². The van der Waals surface area contributed by atoms with Crippen molar-refractivity contribution in [3.05, 3.63) is 16.4 Å². The molecule has 0 aliphatic carbocycles. The SMILES string of the molecule is CNc1ncnc(N(CCO)CC(F)F)c1[N+](=O)[O-]. The molecule has 1 aromatic rings. The van der Waals surface area contributed by atoms with Gasteiger partial charge < -0.3 is 15.3 Å². The minimum atomic E-state index is -2.71. The first-order chi connectivity index (χ1) is 9.01. The first-order valence-electron chi connectivity index (χ1n) is 5.32. The van der Waals surface area contributed by atoms with Crippen molar-refractivity contribution in [3.8, 4) is 0 Å². The van der Waals surface area contributed by atoms with Crippen molar-refractivity contribution in [2.75, 3.05) is 37.0 Å². The van der Waals surface area contributed by atoms with Crippen molar-refractivity contribution in [2.24, 2.45) is 0 Å². The first kappa shape index (κ1) is 15.0. The lowest BCUT2D eigenvalue weighted by atomic mass is 10.3. The summed E-state index contributed by atoms with van der Waals surface area (Å²) in [4.78, 5) is 18.5. The summed E-state index contributed by atoms with van der Waals surface area (Å²) >= 11 is 0. The zero-order chi connectivity index (χ0) is 14.4. The van der Waals surface area contributed by atoms with Gasteiger partial charge in [0, 0.05) is 13.6 Å². The second-order valence-corrected chi connectivity index (χ2v) is 3.46. The number of nitrogens with one attached hydrogen (secondary N) is 1. The van der Waals surface area contributed by atoms with E-state index in [2.05, 4.69) is 15.3 Å². The van der Waals surface area contributed by atoms with Gasteiger partial charge in [0.15, 0.2) is 0 Å². The van der Waals surface area contributed by atoms with Crippen LogP contribution in [0.25, 0.3) is 0 Å². The van der Waals surface area contributed by atoms with Crippen LogP contribution in [0.5, 0.6) is 0 Å². The van der Waals surface area contributed by atoms with Crippen LogP contribution < -0.4 is 10.2 Å². The third-order valence-electron chi connectivity index (χ3n) is 2.25. The molecule has 0 saturated carbocycles. The van der Waals surface area contributed by atoms with Crippen molar-refractivity contribution in [1.82, 2.24) is 9.97 Å². The molecule has 0 radical (unpaired) electrons. The Morgan fingerprint density at radius 3 is 2.74 bits per heavy atom. The summed E-state index contributed by atoms with van der Waals surface area (Å²) in [5.74, 6) is -0.328. The van der Waals surface area contributed by atoms with E-state index in [-0.39, 0.29) is 18.2 Å². The van der Waals surface area contributed by atoms with Crippen molar-refractivity contribution in [1.29, 1.82) is 0 Å². The summed E-state index contributed by atoms with van der Waals surface area (Å²) < 4.78 is 24.9. The highest BCUT2D eigenvalue weighted by Crippen LogP contribution is 2.31. The van der Waals surface area contributed by atoms with Crippen LogP contribution in [0.2, 0.25) is 0 Å². The predicted molar refractivity (Wildman–Crippen MR) is 63.5 cm³/mol. The topological polar surface area (TPSA) is 104 Å². The molecule has 0 aromatic carbocycles. The average molecular weight is 277 g/mol. The van der Waals surface area contributed by atoms with Gasteiger partial charge in [-0.25, -0.2) is 18.7 Å². The van der Waals surface area contributed by atoms with Crippen LogP contribution in [-0.4, -0.2) is 53.2 Å². The maximum atomic E-state index is 12.5. The van der Waals surface area contributed by atoms with Crippen LogP contribution in [-0.2, 0) is 0 Å². The Morgan fingerprint density at radius 2 is 2.26 bits per heavy atom. The summed E-state index contributed by atoms with van der Waals surface area (Å²) in [7, 11) is 1.42. The van der Waals surface area contributed by atoms with Gasteiger partial charge in [0.25, 0.3) is 6.43 Å². The number of halogens is 2. The number of nitrogens with zero attached hydrogens (tertiary/aromatic N) is 4. The van der Waals surface area contributed by atoms with Gasteiger partial charge >= 0.3 is 5.69 Å². The molecule has 0 unspecified atom stereocenters. The van der Waals surface area contributed by atoms with Crippen LogP contribution >= 0.6 is 0 Å². The molecule has 0 aliphatic rings. The van der Waals surface area contributed by atoms with E-state index in [4.69, 9.17) is 5.11 Å². The van der Waals surface area contributed by atoms with E-state index in [0.717, 1.165) is 11.2 Å². The largest absolute Gasteiger partial charge is 0.395 e. The summed E-state index contributed by atoms with van der Waals surface area (Å²) in [6.07, 6.45) is -1.68. The van der Waals surface area contributed by atoms with Gasteiger partial charge in [-0.1, -0.05) is 0 Å². The molecular weight excluding hydrogens is 264 g/mol. The lowest BCUT2D eigenvalue weighted by Crippen LogP contribution is -2.33. The fourth-order valence-corrected chi connectivity index (χ4v) is 1.52. The van der Waals surface area contributed by atoms with E-state index in [1.54, 1.807) is 0 Å². The van der Waals surface area contributed by atoms with Gasteiger partial charge in [-0.05, 0) is 0 Å². The molecule has 8 nitrogen and oxygen atoms in total. The minimum absolute atomic E-state index is 0.0767. The van der Waals surface area contributed by atoms with Gasteiger partial charge in [0.2, 0.25) is 11.6 Å². The molecule has 10 heteroatoms. The third kappa shape index (κ3) is 3.68. The van der Waals surface area contributed by atoms with Gasteiger partial charge in [-0.3, -0.25) is 10.1 Å². The van der Waals surface area contributed by atoms with Crippen LogP contribution in [0, 0.1) is 10.1 Å². The van der Waals surface area contributed by atoms with Gasteiger partial charge in [0.1, 0.15) is 6.33 Å². The fraction of sp³-hybridized carbons (Fsp3) is 0.556. The number of rotatable bonds is 7. The van der Waals surface area contributed by atoms with Crippen LogP contribution in [0.1, 0.15) is 0 Å². The molecule has 1 rings (SSSR count). The molecule has 0 spiro atoms. The number of alkyl halides is 2. The van der Waals surface area contributed by atoms with Crippen LogP contribution in [0.3, 0.4) is 0 Å². The molecule has 0 bridgehead atoms. The monoisotopic (exact) mass is 277 g/mol. The number of aromatic nitrogens is 2. The Bertz CT molecular complexity index is 446. The molecule has 106 valence electrons. The van der Waals surface area contributed by atoms with Gasteiger partial charge in [-0.15, -0.1) is 0 Å². The number of aliphatic hydroxyl groups is 1. The normalized spacial score (nSPS) is 10.6. The van der Waals surface area contributed by atoms with Crippen LogP contribution in [0.15, 0.2) is 6.33 Å². The number of anilines is 2.